The van der Waals surface area contributed by atoms with E-state index in [1.165, 1.54) is 19.1 Å². The molecule has 0 aliphatic heterocycles. The lowest BCUT2D eigenvalue weighted by Crippen LogP contribution is -2.07. The molecule has 14 heavy (non-hydrogen) atoms. The maximum Gasteiger partial charge on any atom is 0.337 e. The molecule has 1 rings (SSSR count). The van der Waals surface area contributed by atoms with Gasteiger partial charge in [-0.3, -0.25) is 0 Å². The normalized spacial score (nSPS) is 9.86. The van der Waals surface area contributed by atoms with E-state index in [4.69, 9.17) is 10.2 Å². The molecule has 2 N–H and O–H groups in total. The smallest absolute Gasteiger partial charge is 0.337 e. The zero-order valence-corrected chi connectivity index (χ0v) is 8.21. The molecule has 0 fully saturated rings. The average molecular weight is 212 g/mol. The zero-order chi connectivity index (χ0) is 10.9. The van der Waals surface area contributed by atoms with E-state index in [0.29, 0.717) is 0 Å². The first-order valence-corrected chi connectivity index (χ1v) is 4.19. The second kappa shape index (κ2) is 3.71. The Morgan fingerprint density at radius 1 is 1.21 bits per heavy atom. The predicted molar refractivity (Wildman–Crippen MR) is 52.3 cm³/mol. The van der Waals surface area contributed by atoms with Crippen LogP contribution in [0.3, 0.4) is 0 Å². The Bertz CT molecular complexity index is 412. The van der Waals surface area contributed by atoms with Crippen LogP contribution in [0.25, 0.3) is 0 Å². The summed E-state index contributed by atoms with van der Waals surface area (Å²) in [5, 5.41) is 17.6. The van der Waals surface area contributed by atoms with E-state index in [1.807, 2.05) is 0 Å². The van der Waals surface area contributed by atoms with Crippen molar-refractivity contribution < 1.29 is 19.8 Å². The van der Waals surface area contributed by atoms with Gasteiger partial charge in [-0.05, 0) is 24.6 Å². The van der Waals surface area contributed by atoms with Crippen LogP contribution in [0.2, 0.25) is 0 Å². The van der Waals surface area contributed by atoms with Crippen molar-refractivity contribution in [2.45, 2.75) is 11.8 Å². The van der Waals surface area contributed by atoms with Crippen molar-refractivity contribution >= 4 is 24.6 Å². The molecule has 0 spiro atoms. The van der Waals surface area contributed by atoms with Crippen LogP contribution in [-0.4, -0.2) is 22.2 Å². The van der Waals surface area contributed by atoms with Crippen molar-refractivity contribution in [1.29, 1.82) is 0 Å². The molecular formula is C9H8O4S. The molecular weight excluding hydrogens is 204 g/mol. The summed E-state index contributed by atoms with van der Waals surface area (Å²) in [6.45, 7) is 1.45. The highest BCUT2D eigenvalue weighted by molar-refractivity contribution is 7.80. The fourth-order valence-corrected chi connectivity index (χ4v) is 1.54. The number of carboxylic acids is 2. The highest BCUT2D eigenvalue weighted by atomic mass is 32.1. The van der Waals surface area contributed by atoms with Gasteiger partial charge in [0.15, 0.2) is 0 Å². The van der Waals surface area contributed by atoms with Crippen molar-refractivity contribution in [2.75, 3.05) is 0 Å². The van der Waals surface area contributed by atoms with Crippen molar-refractivity contribution in [3.8, 4) is 0 Å². The molecule has 0 saturated carbocycles. The van der Waals surface area contributed by atoms with Crippen LogP contribution >= 0.6 is 12.6 Å². The molecule has 0 saturated heterocycles. The lowest BCUT2D eigenvalue weighted by molar-refractivity contribution is 0.0692. The fraction of sp³-hybridized carbons (Fsp3) is 0.111. The van der Waals surface area contributed by atoms with Gasteiger partial charge in [-0.1, -0.05) is 0 Å². The third kappa shape index (κ3) is 1.72. The van der Waals surface area contributed by atoms with E-state index in [-0.39, 0.29) is 21.6 Å². The molecule has 0 aliphatic rings. The summed E-state index contributed by atoms with van der Waals surface area (Å²) in [5.74, 6) is -2.31. The Morgan fingerprint density at radius 2 is 1.79 bits per heavy atom. The van der Waals surface area contributed by atoms with Crippen LogP contribution in [0.1, 0.15) is 26.3 Å². The largest absolute Gasteiger partial charge is 0.478 e. The number of hydrogen-bond donors (Lipinski definition) is 3. The molecule has 74 valence electrons. The van der Waals surface area contributed by atoms with E-state index in [2.05, 4.69) is 12.6 Å². The fourth-order valence-electron chi connectivity index (χ4n) is 1.20. The molecule has 1 aromatic rings. The van der Waals surface area contributed by atoms with Gasteiger partial charge in [0.2, 0.25) is 0 Å². The lowest BCUT2D eigenvalue weighted by Gasteiger charge is -2.06. The summed E-state index contributed by atoms with van der Waals surface area (Å²) in [6.07, 6.45) is 0. The quantitative estimate of drug-likeness (QED) is 0.652. The third-order valence-corrected chi connectivity index (χ3v) is 2.26. The van der Waals surface area contributed by atoms with Crippen LogP contribution in [0, 0.1) is 6.92 Å². The highest BCUT2D eigenvalue weighted by Crippen LogP contribution is 2.21. The van der Waals surface area contributed by atoms with Gasteiger partial charge in [-0.15, -0.1) is 12.6 Å². The van der Waals surface area contributed by atoms with Crippen molar-refractivity contribution in [3.05, 3.63) is 28.8 Å². The highest BCUT2D eigenvalue weighted by Gasteiger charge is 2.17. The lowest BCUT2D eigenvalue weighted by atomic mass is 10.0. The number of carboxylic acid groups (broad SMARTS) is 2. The van der Waals surface area contributed by atoms with Crippen LogP contribution < -0.4 is 0 Å². The van der Waals surface area contributed by atoms with Crippen LogP contribution in [0.4, 0.5) is 0 Å². The second-order valence-corrected chi connectivity index (χ2v) is 3.22. The summed E-state index contributed by atoms with van der Waals surface area (Å²) in [6, 6.07) is 2.70. The zero-order valence-electron chi connectivity index (χ0n) is 7.31. The SMILES string of the molecule is Cc1c(C(=O)O)ccc(S)c1C(=O)O. The number of benzene rings is 1. The van der Waals surface area contributed by atoms with E-state index in [0.717, 1.165) is 0 Å². The second-order valence-electron chi connectivity index (χ2n) is 2.74. The minimum Gasteiger partial charge on any atom is -0.478 e. The van der Waals surface area contributed by atoms with Gasteiger partial charge >= 0.3 is 11.9 Å². The number of carbonyl (C=O) groups is 2. The minimum atomic E-state index is -1.17. The molecule has 0 unspecified atom stereocenters. The standard InChI is InChI=1S/C9H8O4S/c1-4-5(8(10)11)2-3-6(14)7(4)9(12)13/h2-3,14H,1H3,(H,10,11)(H,12,13). The van der Waals surface area contributed by atoms with Crippen LogP contribution in [0.15, 0.2) is 17.0 Å². The number of rotatable bonds is 2. The van der Waals surface area contributed by atoms with Gasteiger partial charge in [0.1, 0.15) is 0 Å². The minimum absolute atomic E-state index is 0.0137. The summed E-state index contributed by atoms with van der Waals surface area (Å²) < 4.78 is 0. The Morgan fingerprint density at radius 3 is 2.21 bits per heavy atom. The summed E-state index contributed by atoms with van der Waals surface area (Å²) in [5.41, 5.74) is 0.144. The third-order valence-electron chi connectivity index (χ3n) is 1.89. The molecule has 4 nitrogen and oxygen atoms in total. The number of hydrogen-bond acceptors (Lipinski definition) is 3. The molecule has 0 amide bonds. The first-order valence-electron chi connectivity index (χ1n) is 3.74. The van der Waals surface area contributed by atoms with Gasteiger partial charge in [0.05, 0.1) is 11.1 Å². The molecule has 0 aliphatic carbocycles. The molecule has 0 heterocycles. The van der Waals surface area contributed by atoms with Gasteiger partial charge in [0.25, 0.3) is 0 Å². The average Bonchev–Trinajstić information content (AvgIpc) is 2.02. The Labute approximate surface area is 85.6 Å². The molecule has 0 bridgehead atoms. The van der Waals surface area contributed by atoms with Gasteiger partial charge < -0.3 is 10.2 Å². The first kappa shape index (κ1) is 10.6. The van der Waals surface area contributed by atoms with E-state index >= 15 is 0 Å². The number of aromatic carboxylic acids is 2. The number of thiol groups is 1. The molecule has 5 heteroatoms. The molecule has 1 aromatic carbocycles. The van der Waals surface area contributed by atoms with Crippen molar-refractivity contribution in [3.63, 3.8) is 0 Å². The van der Waals surface area contributed by atoms with Gasteiger partial charge in [-0.25, -0.2) is 9.59 Å². The maximum absolute atomic E-state index is 10.8. The van der Waals surface area contributed by atoms with Crippen LogP contribution in [-0.2, 0) is 0 Å². The topological polar surface area (TPSA) is 74.6 Å². The summed E-state index contributed by atoms with van der Waals surface area (Å²) >= 11 is 3.95. The molecule has 0 atom stereocenters. The molecule has 0 aromatic heterocycles. The Balaban J connectivity index is 3.49. The monoisotopic (exact) mass is 212 g/mol. The Hall–Kier alpha value is -1.49. The maximum atomic E-state index is 10.8. The van der Waals surface area contributed by atoms with E-state index < -0.39 is 11.9 Å². The summed E-state index contributed by atoms with van der Waals surface area (Å²) in [7, 11) is 0. The summed E-state index contributed by atoms with van der Waals surface area (Å²) in [4.78, 5) is 21.7. The van der Waals surface area contributed by atoms with Gasteiger partial charge in [-0.2, -0.15) is 0 Å². The predicted octanol–water partition coefficient (Wildman–Crippen LogP) is 1.68. The van der Waals surface area contributed by atoms with Crippen LogP contribution in [0.5, 0.6) is 0 Å². The Kier molecular flexibility index (Phi) is 2.81. The first-order chi connectivity index (χ1) is 6.45. The van der Waals surface area contributed by atoms with E-state index in [9.17, 15) is 9.59 Å². The van der Waals surface area contributed by atoms with Gasteiger partial charge in [0, 0.05) is 4.90 Å². The molecule has 0 radical (unpaired) electrons. The van der Waals surface area contributed by atoms with E-state index in [1.54, 1.807) is 0 Å². The van der Waals surface area contributed by atoms with Crippen molar-refractivity contribution in [2.24, 2.45) is 0 Å². The van der Waals surface area contributed by atoms with Crippen molar-refractivity contribution in [1.82, 2.24) is 0 Å².